The van der Waals surface area contributed by atoms with Crippen molar-refractivity contribution in [2.24, 2.45) is 213 Å². The minimum absolute atomic E-state index is 0.0289. The van der Waals surface area contributed by atoms with Gasteiger partial charge < -0.3 is 40.9 Å². The van der Waals surface area contributed by atoms with Gasteiger partial charge >= 0.3 is 0 Å². The molecular formula is C120H232O12. The van der Waals surface area contributed by atoms with Gasteiger partial charge in [0.15, 0.2) is 0 Å². The zero-order valence-corrected chi connectivity index (χ0v) is 94.1. The lowest BCUT2D eigenvalue weighted by atomic mass is 9.75. The van der Waals surface area contributed by atoms with Crippen molar-refractivity contribution in [1.82, 2.24) is 0 Å². The highest BCUT2D eigenvalue weighted by molar-refractivity contribution is 5.83. The minimum atomic E-state index is -0.0289. The molecule has 12 rings (SSSR count). The van der Waals surface area contributed by atoms with Crippen LogP contribution in [-0.4, -0.2) is 113 Å². The Labute approximate surface area is 820 Å². The molecule has 12 nitrogen and oxygen atoms in total. The Morgan fingerprint density at radius 3 is 0.326 bits per heavy atom. The monoisotopic (exact) mass is 1870 g/mol. The van der Waals surface area contributed by atoms with Crippen molar-refractivity contribution in [1.29, 1.82) is 0 Å². The summed E-state index contributed by atoms with van der Waals surface area (Å²) in [5.74, 6) is 23.8. The van der Waals surface area contributed by atoms with E-state index in [1.807, 2.05) is 0 Å². The summed E-state index contributed by atoms with van der Waals surface area (Å²) in [5, 5.41) is 77.7. The van der Waals surface area contributed by atoms with Crippen molar-refractivity contribution in [2.45, 2.75) is 529 Å². The number of hydrogen-bond acceptors (Lipinski definition) is 12. The van der Waals surface area contributed by atoms with Crippen LogP contribution in [0.2, 0.25) is 0 Å². The molecule has 0 heterocycles. The average Bonchev–Trinajstić information content (AvgIpc) is 0.964. The second kappa shape index (κ2) is 67.0. The van der Waals surface area contributed by atoms with E-state index in [0.717, 1.165) is 150 Å². The topological polar surface area (TPSA) is 230 Å². The molecule has 12 saturated carbocycles. The summed E-state index contributed by atoms with van der Waals surface area (Å²) in [5.41, 5.74) is 0. The molecule has 0 aromatic heterocycles. The molecule has 0 bridgehead atoms. The van der Waals surface area contributed by atoms with E-state index in [-0.39, 0.29) is 48.8 Å². The predicted octanol–water partition coefficient (Wildman–Crippen LogP) is 30.1. The van der Waals surface area contributed by atoms with Crippen LogP contribution < -0.4 is 0 Å². The van der Waals surface area contributed by atoms with Crippen LogP contribution in [0, 0.1) is 213 Å². The largest absolute Gasteiger partial charge is 0.393 e. The van der Waals surface area contributed by atoms with Crippen molar-refractivity contribution in [3.05, 3.63) is 0 Å². The molecule has 0 unspecified atom stereocenters. The maximum Gasteiger partial charge on any atom is 0.136 e. The van der Waals surface area contributed by atoms with Crippen LogP contribution in [0.25, 0.3) is 0 Å². The van der Waals surface area contributed by atoms with E-state index in [9.17, 15) is 60.0 Å². The molecule has 8 N–H and O–H groups in total. The summed E-state index contributed by atoms with van der Waals surface area (Å²) in [6, 6.07) is 0. The number of aliphatic hydroxyl groups is 8. The third-order valence-corrected chi connectivity index (χ3v) is 34.9. The van der Waals surface area contributed by atoms with Gasteiger partial charge in [-0.05, 0) is 343 Å². The number of ketones is 4. The van der Waals surface area contributed by atoms with Crippen LogP contribution in [0.3, 0.4) is 0 Å². The molecule has 0 radical (unpaired) electrons. The molecule has 12 aliphatic carbocycles. The molecule has 0 spiro atoms. The number of Topliss-reactive ketones (excluding diaryl/α,β-unsaturated/α-hetero) is 4. The molecular weight excluding hydrogens is 1630 g/mol. The van der Waals surface area contributed by atoms with Crippen LogP contribution in [0.15, 0.2) is 0 Å². The quantitative estimate of drug-likeness (QED) is 0.0912. The third kappa shape index (κ3) is 50.8. The summed E-state index contributed by atoms with van der Waals surface area (Å²) in [4.78, 5) is 45.8. The Bertz CT molecular complexity index is 2430. The van der Waals surface area contributed by atoms with Gasteiger partial charge in [0.25, 0.3) is 0 Å². The molecule has 0 amide bonds. The first-order valence-electron chi connectivity index (χ1n) is 56.9. The summed E-state index contributed by atoms with van der Waals surface area (Å²) < 4.78 is 0. The van der Waals surface area contributed by atoms with Crippen LogP contribution in [0.4, 0.5) is 0 Å². The number of carbonyl (C=O) groups excluding carboxylic acids is 4. The lowest BCUT2D eigenvalue weighted by molar-refractivity contribution is -0.128. The number of carbonyl (C=O) groups is 4. The molecule has 12 heteroatoms. The smallest absolute Gasteiger partial charge is 0.136 e. The molecule has 0 saturated heterocycles. The van der Waals surface area contributed by atoms with E-state index >= 15 is 0 Å². The van der Waals surface area contributed by atoms with Crippen molar-refractivity contribution >= 4 is 23.1 Å². The first-order valence-corrected chi connectivity index (χ1v) is 56.9. The molecule has 784 valence electrons. The van der Waals surface area contributed by atoms with Gasteiger partial charge in [0.1, 0.15) is 23.1 Å². The fraction of sp³-hybridized carbons (Fsp3) is 0.967. The Morgan fingerprint density at radius 2 is 0.250 bits per heavy atom. The van der Waals surface area contributed by atoms with E-state index in [1.54, 1.807) is 0 Å². The standard InChI is InChI=1S/8C10H20O.4C10H18O/c12*1-7(2)9-5-4-8(3)6-10(9)11/h8*7-11H,4-6H2,1-3H3;4*7-9H,4-6H2,1-3H3/t2*8-,9+,10+;2*8-,9+,10-;2*8-,9-,10+;2*8-,9-,10-;2*8-,9+;2*8-,9-/m101010101010/s1. The lowest BCUT2D eigenvalue weighted by Gasteiger charge is -2.33. The van der Waals surface area contributed by atoms with E-state index in [4.69, 9.17) is 0 Å². The Hall–Kier alpha value is -1.64. The highest BCUT2D eigenvalue weighted by Crippen LogP contribution is 2.42. The van der Waals surface area contributed by atoms with Crippen LogP contribution in [0.5, 0.6) is 0 Å². The highest BCUT2D eigenvalue weighted by Gasteiger charge is 2.38. The minimum Gasteiger partial charge on any atom is -0.393 e. The van der Waals surface area contributed by atoms with Gasteiger partial charge in [0.05, 0.1) is 48.8 Å². The molecule has 0 aromatic rings. The molecule has 12 fully saturated rings. The molecule has 0 aliphatic heterocycles. The van der Waals surface area contributed by atoms with Crippen molar-refractivity contribution in [2.75, 3.05) is 0 Å². The van der Waals surface area contributed by atoms with Crippen LogP contribution >= 0.6 is 0 Å². The molecule has 132 heavy (non-hydrogen) atoms. The second-order valence-electron chi connectivity index (χ2n) is 52.0. The van der Waals surface area contributed by atoms with Crippen LogP contribution in [0.1, 0.15) is 480 Å². The summed E-state index contributed by atoms with van der Waals surface area (Å²) in [6.07, 6.45) is 40.9. The third-order valence-electron chi connectivity index (χ3n) is 34.9. The zero-order chi connectivity index (χ0) is 101. The summed E-state index contributed by atoms with van der Waals surface area (Å²) in [6.45, 7) is 79.2. The van der Waals surface area contributed by atoms with Crippen LogP contribution in [-0.2, 0) is 19.2 Å². The molecule has 0 aromatic carbocycles. The van der Waals surface area contributed by atoms with Gasteiger partial charge in [0.2, 0.25) is 0 Å². The number of hydrogen-bond donors (Lipinski definition) is 8. The van der Waals surface area contributed by atoms with E-state index < -0.39 is 0 Å². The van der Waals surface area contributed by atoms with Crippen molar-refractivity contribution in [3.8, 4) is 0 Å². The fourth-order valence-corrected chi connectivity index (χ4v) is 24.9. The average molecular weight is 1870 g/mol. The van der Waals surface area contributed by atoms with Crippen molar-refractivity contribution in [3.63, 3.8) is 0 Å². The summed E-state index contributed by atoms with van der Waals surface area (Å²) in [7, 11) is 0. The van der Waals surface area contributed by atoms with Gasteiger partial charge in [-0.15, -0.1) is 0 Å². The second-order valence-corrected chi connectivity index (χ2v) is 52.0. The van der Waals surface area contributed by atoms with E-state index in [1.165, 1.54) is 128 Å². The maximum absolute atomic E-state index is 11.4. The number of aliphatic hydroxyl groups excluding tert-OH is 8. The van der Waals surface area contributed by atoms with E-state index in [0.29, 0.717) is 189 Å². The van der Waals surface area contributed by atoms with Gasteiger partial charge in [-0.2, -0.15) is 0 Å². The van der Waals surface area contributed by atoms with Gasteiger partial charge in [0, 0.05) is 49.4 Å². The molecule has 32 atom stereocenters. The Kier molecular flexibility index (Phi) is 65.2. The summed E-state index contributed by atoms with van der Waals surface area (Å²) >= 11 is 0. The van der Waals surface area contributed by atoms with Crippen molar-refractivity contribution < 1.29 is 60.0 Å². The fourth-order valence-electron chi connectivity index (χ4n) is 24.9. The van der Waals surface area contributed by atoms with E-state index in [2.05, 4.69) is 249 Å². The Balaban J connectivity index is 0.000000720. The first kappa shape index (κ1) is 128. The lowest BCUT2D eigenvalue weighted by Crippen LogP contribution is -2.31. The number of rotatable bonds is 12. The van der Waals surface area contributed by atoms with Gasteiger partial charge in [-0.3, -0.25) is 19.2 Å². The molecule has 12 aliphatic rings. The predicted molar refractivity (Wildman–Crippen MR) is 564 cm³/mol. The normalized spacial score (nSPS) is 37.3. The SMILES string of the molecule is CC(C)[C@@H]1CC[C@@H](C)CC1=O.CC(C)[C@@H]1CC[C@@H](C)C[C@@H]1O.CC(C)[C@@H]1CC[C@@H](C)C[C@H]1O.CC(C)[C@@H]1CC[C@H](C)CC1=O.CC(C)[C@@H]1CC[C@H](C)C[C@@H]1O.CC(C)[C@@H]1CC[C@H](C)C[C@H]1O.CC(C)[C@H]1CC[C@@H](C)CC1=O.CC(C)[C@H]1CC[C@@H](C)C[C@@H]1O.CC(C)[C@H]1CC[C@@H](C)C[C@H]1O.CC(C)[C@H]1CC[C@H](C)CC1=O.CC(C)[C@H]1CC[C@H](C)C[C@@H]1O.CC(C)[C@H]1CC[C@H](C)C[C@H]1O. The maximum atomic E-state index is 11.4. The zero-order valence-electron chi connectivity index (χ0n) is 94.1. The van der Waals surface area contributed by atoms with Gasteiger partial charge in [-0.25, -0.2) is 0 Å². The Morgan fingerprint density at radius 1 is 0.152 bits per heavy atom. The first-order chi connectivity index (χ1) is 61.3. The highest BCUT2D eigenvalue weighted by atomic mass is 16.3. The van der Waals surface area contributed by atoms with Gasteiger partial charge in [-0.1, -0.05) is 301 Å².